The van der Waals surface area contributed by atoms with E-state index in [1.54, 1.807) is 12.1 Å². The lowest BCUT2D eigenvalue weighted by Gasteiger charge is -2.23. The number of terminal acetylenes is 1. The molecule has 2 unspecified atom stereocenters. The molecule has 2 atom stereocenters. The van der Waals surface area contributed by atoms with Crippen molar-refractivity contribution < 1.29 is 19.0 Å². The molecule has 24 heavy (non-hydrogen) atoms. The Morgan fingerprint density at radius 3 is 2.21 bits per heavy atom. The van der Waals surface area contributed by atoms with Crippen LogP contribution in [0.15, 0.2) is 12.1 Å². The normalized spacial score (nSPS) is 12.7. The van der Waals surface area contributed by atoms with Gasteiger partial charge in [0.15, 0.2) is 11.5 Å². The molecule has 0 saturated carbocycles. The molecule has 0 radical (unpaired) electrons. The van der Waals surface area contributed by atoms with Gasteiger partial charge in [0, 0.05) is 11.6 Å². The highest BCUT2D eigenvalue weighted by Gasteiger charge is 2.21. The second-order valence-corrected chi connectivity index (χ2v) is 5.58. The zero-order valence-electron chi connectivity index (χ0n) is 15.1. The number of benzene rings is 1. The minimum absolute atomic E-state index is 0.0875. The van der Waals surface area contributed by atoms with Gasteiger partial charge in [0.1, 0.15) is 6.61 Å². The first-order chi connectivity index (χ1) is 11.5. The first-order valence-electron chi connectivity index (χ1n) is 8.15. The molecular weight excluding hydrogens is 306 g/mol. The van der Waals surface area contributed by atoms with E-state index in [0.29, 0.717) is 28.7 Å². The van der Waals surface area contributed by atoms with Crippen LogP contribution in [0, 0.1) is 18.3 Å². The number of methoxy groups -OCH3 is 2. The second-order valence-electron chi connectivity index (χ2n) is 5.58. The van der Waals surface area contributed by atoms with Crippen molar-refractivity contribution in [3.05, 3.63) is 17.7 Å². The highest BCUT2D eigenvalue weighted by Crippen LogP contribution is 2.38. The van der Waals surface area contributed by atoms with Crippen LogP contribution in [0.4, 0.5) is 0 Å². The first kappa shape index (κ1) is 19.7. The van der Waals surface area contributed by atoms with E-state index >= 15 is 0 Å². The van der Waals surface area contributed by atoms with Crippen LogP contribution < -0.4 is 19.5 Å². The summed E-state index contributed by atoms with van der Waals surface area (Å²) in [5.74, 6) is 3.84. The van der Waals surface area contributed by atoms with Gasteiger partial charge in [-0.15, -0.1) is 6.42 Å². The van der Waals surface area contributed by atoms with Gasteiger partial charge < -0.3 is 19.5 Å². The molecular formula is C19H27NO4. The van der Waals surface area contributed by atoms with E-state index in [0.717, 1.165) is 12.8 Å². The largest absolute Gasteiger partial charge is 0.493 e. The zero-order valence-corrected chi connectivity index (χ0v) is 15.1. The lowest BCUT2D eigenvalue weighted by atomic mass is 9.96. The van der Waals surface area contributed by atoms with Crippen molar-refractivity contribution in [2.45, 2.75) is 39.7 Å². The third-order valence-electron chi connectivity index (χ3n) is 4.11. The molecule has 0 aliphatic carbocycles. The monoisotopic (exact) mass is 333 g/mol. The van der Waals surface area contributed by atoms with Crippen molar-refractivity contribution in [1.82, 2.24) is 5.32 Å². The molecule has 0 spiro atoms. The lowest BCUT2D eigenvalue weighted by molar-refractivity contribution is 0.0921. The van der Waals surface area contributed by atoms with E-state index < -0.39 is 0 Å². The van der Waals surface area contributed by atoms with Crippen LogP contribution in [-0.2, 0) is 0 Å². The summed E-state index contributed by atoms with van der Waals surface area (Å²) in [5, 5.41) is 3.08. The standard InChI is InChI=1S/C19H27NO4/c1-7-10-24-18-16(22-5)11-14(12-17(18)23-6)19(21)20-15(9-3)13(4)8-2/h1,11-13,15H,8-10H2,2-6H3,(H,20,21). The number of hydrogen-bond donors (Lipinski definition) is 1. The molecule has 132 valence electrons. The Bertz CT molecular complexity index is 567. The molecule has 5 nitrogen and oxygen atoms in total. The van der Waals surface area contributed by atoms with Crippen molar-refractivity contribution in [1.29, 1.82) is 0 Å². The maximum atomic E-state index is 12.6. The summed E-state index contributed by atoms with van der Waals surface area (Å²) in [7, 11) is 3.01. The summed E-state index contributed by atoms with van der Waals surface area (Å²) >= 11 is 0. The van der Waals surface area contributed by atoms with Crippen LogP contribution in [-0.4, -0.2) is 32.8 Å². The Morgan fingerprint density at radius 1 is 1.21 bits per heavy atom. The fourth-order valence-electron chi connectivity index (χ4n) is 2.45. The number of amides is 1. The van der Waals surface area contributed by atoms with E-state index in [1.807, 2.05) is 0 Å². The van der Waals surface area contributed by atoms with E-state index in [-0.39, 0.29) is 18.6 Å². The number of carbonyl (C=O) groups is 1. The number of ether oxygens (including phenoxy) is 3. The van der Waals surface area contributed by atoms with Crippen LogP contribution in [0.1, 0.15) is 44.0 Å². The molecule has 0 aliphatic heterocycles. The van der Waals surface area contributed by atoms with Crippen molar-refractivity contribution in [3.8, 4) is 29.6 Å². The smallest absolute Gasteiger partial charge is 0.251 e. The predicted octanol–water partition coefficient (Wildman–Crippen LogP) is 3.27. The van der Waals surface area contributed by atoms with Crippen LogP contribution in [0.5, 0.6) is 17.2 Å². The van der Waals surface area contributed by atoms with Crippen molar-refractivity contribution in [2.24, 2.45) is 5.92 Å². The molecule has 1 rings (SSSR count). The van der Waals surface area contributed by atoms with E-state index in [9.17, 15) is 4.79 Å². The number of nitrogens with one attached hydrogen (secondary N) is 1. The van der Waals surface area contributed by atoms with Crippen molar-refractivity contribution in [3.63, 3.8) is 0 Å². The fourth-order valence-corrected chi connectivity index (χ4v) is 2.45. The van der Waals surface area contributed by atoms with Crippen LogP contribution in [0.25, 0.3) is 0 Å². The molecule has 5 heteroatoms. The van der Waals surface area contributed by atoms with Gasteiger partial charge in [0.2, 0.25) is 5.75 Å². The van der Waals surface area contributed by atoms with Crippen LogP contribution in [0.3, 0.4) is 0 Å². The summed E-state index contributed by atoms with van der Waals surface area (Å²) in [6, 6.07) is 3.39. The zero-order chi connectivity index (χ0) is 18.1. The minimum Gasteiger partial charge on any atom is -0.493 e. The van der Waals surface area contributed by atoms with Crippen LogP contribution >= 0.6 is 0 Å². The van der Waals surface area contributed by atoms with Gasteiger partial charge in [-0.1, -0.05) is 33.1 Å². The Balaban J connectivity index is 3.11. The third kappa shape index (κ3) is 4.82. The average Bonchev–Trinajstić information content (AvgIpc) is 2.62. The summed E-state index contributed by atoms with van der Waals surface area (Å²) in [6.45, 7) is 6.40. The minimum atomic E-state index is -0.165. The maximum Gasteiger partial charge on any atom is 0.251 e. The number of hydrogen-bond acceptors (Lipinski definition) is 4. The van der Waals surface area contributed by atoms with Crippen molar-refractivity contribution in [2.75, 3.05) is 20.8 Å². The average molecular weight is 333 g/mol. The SMILES string of the molecule is C#CCOc1c(OC)cc(C(=O)NC(CC)C(C)CC)cc1OC. The molecule has 0 fully saturated rings. The third-order valence-corrected chi connectivity index (χ3v) is 4.11. The molecule has 0 aliphatic rings. The van der Waals surface area contributed by atoms with Crippen molar-refractivity contribution >= 4 is 5.91 Å². The van der Waals surface area contributed by atoms with E-state index in [1.165, 1.54) is 14.2 Å². The van der Waals surface area contributed by atoms with E-state index in [4.69, 9.17) is 20.6 Å². The fraction of sp³-hybridized carbons (Fsp3) is 0.526. The first-order valence-corrected chi connectivity index (χ1v) is 8.15. The van der Waals surface area contributed by atoms with Gasteiger partial charge in [-0.2, -0.15) is 0 Å². The van der Waals surface area contributed by atoms with Crippen LogP contribution in [0.2, 0.25) is 0 Å². The number of carbonyl (C=O) groups excluding carboxylic acids is 1. The Hall–Kier alpha value is -2.35. The summed E-state index contributed by atoms with van der Waals surface area (Å²) < 4.78 is 16.1. The Morgan fingerprint density at radius 2 is 1.79 bits per heavy atom. The Kier molecular flexibility index (Phi) is 7.97. The molecule has 1 aromatic rings. The molecule has 0 heterocycles. The van der Waals surface area contributed by atoms with Gasteiger partial charge in [-0.05, 0) is 24.5 Å². The van der Waals surface area contributed by atoms with Gasteiger partial charge >= 0.3 is 0 Å². The summed E-state index contributed by atoms with van der Waals surface area (Å²) in [6.07, 6.45) is 7.11. The predicted molar refractivity (Wildman–Crippen MR) is 94.9 cm³/mol. The molecule has 0 bridgehead atoms. The quantitative estimate of drug-likeness (QED) is 0.705. The van der Waals surface area contributed by atoms with Gasteiger partial charge in [0.25, 0.3) is 5.91 Å². The summed E-state index contributed by atoms with van der Waals surface area (Å²) in [4.78, 5) is 12.6. The molecule has 1 N–H and O–H groups in total. The summed E-state index contributed by atoms with van der Waals surface area (Å²) in [5.41, 5.74) is 0.457. The molecule has 1 amide bonds. The highest BCUT2D eigenvalue weighted by molar-refractivity contribution is 5.95. The van der Waals surface area contributed by atoms with E-state index in [2.05, 4.69) is 32.0 Å². The topological polar surface area (TPSA) is 56.8 Å². The van der Waals surface area contributed by atoms with Gasteiger partial charge in [0.05, 0.1) is 14.2 Å². The molecule has 0 saturated heterocycles. The second kappa shape index (κ2) is 9.71. The van der Waals surface area contributed by atoms with Gasteiger partial charge in [-0.3, -0.25) is 4.79 Å². The Labute approximate surface area is 144 Å². The lowest BCUT2D eigenvalue weighted by Crippen LogP contribution is -2.38. The maximum absolute atomic E-state index is 12.6. The molecule has 1 aromatic carbocycles. The number of rotatable bonds is 9. The van der Waals surface area contributed by atoms with Gasteiger partial charge in [-0.25, -0.2) is 0 Å². The highest BCUT2D eigenvalue weighted by atomic mass is 16.5. The molecule has 0 aromatic heterocycles.